The van der Waals surface area contributed by atoms with Gasteiger partial charge in [0.1, 0.15) is 6.04 Å². The fraction of sp³-hybridized carbons (Fsp3) is 0.200. The second-order valence-electron chi connectivity index (χ2n) is 5.84. The number of carbonyl (C=O) groups is 2. The summed E-state index contributed by atoms with van der Waals surface area (Å²) < 4.78 is 9.91. The van der Waals surface area contributed by atoms with Crippen LogP contribution < -0.4 is 9.64 Å². The van der Waals surface area contributed by atoms with Crippen molar-refractivity contribution in [1.29, 1.82) is 0 Å². The van der Waals surface area contributed by atoms with Gasteiger partial charge in [-0.25, -0.2) is 4.79 Å². The van der Waals surface area contributed by atoms with Crippen LogP contribution in [0.5, 0.6) is 11.5 Å². The lowest BCUT2D eigenvalue weighted by Crippen LogP contribution is -2.42. The molecule has 0 aliphatic carbocycles. The molecule has 6 nitrogen and oxygen atoms in total. The van der Waals surface area contributed by atoms with Crippen LogP contribution in [0.25, 0.3) is 6.08 Å². The molecule has 0 saturated carbocycles. The Hall–Kier alpha value is -3.28. The summed E-state index contributed by atoms with van der Waals surface area (Å²) in [4.78, 5) is 26.3. The van der Waals surface area contributed by atoms with E-state index in [9.17, 15) is 14.7 Å². The average Bonchev–Trinajstić information content (AvgIpc) is 3.06. The predicted octanol–water partition coefficient (Wildman–Crippen LogP) is 2.54. The van der Waals surface area contributed by atoms with E-state index in [-0.39, 0.29) is 11.7 Å². The zero-order valence-corrected chi connectivity index (χ0v) is 14.5. The van der Waals surface area contributed by atoms with Crippen molar-refractivity contribution >= 4 is 23.6 Å². The van der Waals surface area contributed by atoms with E-state index in [1.807, 2.05) is 24.3 Å². The van der Waals surface area contributed by atoms with E-state index in [1.54, 1.807) is 18.2 Å². The Morgan fingerprint density at radius 3 is 2.69 bits per heavy atom. The monoisotopic (exact) mass is 353 g/mol. The first-order valence-electron chi connectivity index (χ1n) is 8.09. The fourth-order valence-corrected chi connectivity index (χ4v) is 3.03. The molecule has 1 heterocycles. The molecule has 26 heavy (non-hydrogen) atoms. The molecule has 134 valence electrons. The number of phenols is 1. The molecule has 0 spiro atoms. The molecule has 1 N–H and O–H groups in total. The molecule has 1 unspecified atom stereocenters. The maximum Gasteiger partial charge on any atom is 0.329 e. The zero-order chi connectivity index (χ0) is 18.7. The average molecular weight is 353 g/mol. The number of fused-ring (bicyclic) bond motifs is 1. The SMILES string of the molecule is COC(=O)C1Cc2ccccc2N1C(=O)C=Cc1ccc(O)c(OC)c1. The summed E-state index contributed by atoms with van der Waals surface area (Å²) in [6.45, 7) is 0. The van der Waals surface area contributed by atoms with Gasteiger partial charge in [-0.15, -0.1) is 0 Å². The Bertz CT molecular complexity index is 874. The topological polar surface area (TPSA) is 76.1 Å². The molecule has 0 bridgehead atoms. The van der Waals surface area contributed by atoms with E-state index >= 15 is 0 Å². The van der Waals surface area contributed by atoms with E-state index < -0.39 is 12.0 Å². The highest BCUT2D eigenvalue weighted by Crippen LogP contribution is 2.33. The highest BCUT2D eigenvalue weighted by molar-refractivity contribution is 6.09. The number of ether oxygens (including phenoxy) is 2. The van der Waals surface area contributed by atoms with Gasteiger partial charge in [0.2, 0.25) is 0 Å². The fourth-order valence-electron chi connectivity index (χ4n) is 3.03. The van der Waals surface area contributed by atoms with Crippen molar-refractivity contribution < 1.29 is 24.2 Å². The van der Waals surface area contributed by atoms with Gasteiger partial charge in [0.25, 0.3) is 5.91 Å². The number of phenolic OH excluding ortho intramolecular Hbond substituents is 1. The minimum Gasteiger partial charge on any atom is -0.504 e. The van der Waals surface area contributed by atoms with Crippen molar-refractivity contribution in [2.45, 2.75) is 12.5 Å². The van der Waals surface area contributed by atoms with Crippen LogP contribution in [-0.2, 0) is 20.7 Å². The van der Waals surface area contributed by atoms with Gasteiger partial charge in [0, 0.05) is 18.2 Å². The van der Waals surface area contributed by atoms with Gasteiger partial charge in [-0.05, 0) is 35.4 Å². The van der Waals surface area contributed by atoms with Crippen molar-refractivity contribution in [2.75, 3.05) is 19.1 Å². The van der Waals surface area contributed by atoms with Crippen molar-refractivity contribution in [3.05, 3.63) is 59.7 Å². The first kappa shape index (κ1) is 17.5. The molecule has 2 aromatic carbocycles. The third-order valence-corrected chi connectivity index (χ3v) is 4.31. The maximum absolute atomic E-state index is 12.8. The molecule has 1 amide bonds. The van der Waals surface area contributed by atoms with Gasteiger partial charge in [-0.2, -0.15) is 0 Å². The number of rotatable bonds is 4. The number of benzene rings is 2. The Labute approximate surface area is 151 Å². The number of methoxy groups -OCH3 is 2. The van der Waals surface area contributed by atoms with Crippen LogP contribution in [0.3, 0.4) is 0 Å². The van der Waals surface area contributed by atoms with Crippen molar-refractivity contribution in [3.8, 4) is 11.5 Å². The van der Waals surface area contributed by atoms with Gasteiger partial charge in [-0.3, -0.25) is 9.69 Å². The van der Waals surface area contributed by atoms with Gasteiger partial charge in [0.15, 0.2) is 11.5 Å². The van der Waals surface area contributed by atoms with Crippen LogP contribution in [0.15, 0.2) is 48.5 Å². The van der Waals surface area contributed by atoms with Crippen LogP contribution in [0.2, 0.25) is 0 Å². The third-order valence-electron chi connectivity index (χ3n) is 4.31. The van der Waals surface area contributed by atoms with Crippen molar-refractivity contribution in [1.82, 2.24) is 0 Å². The third kappa shape index (κ3) is 3.26. The largest absolute Gasteiger partial charge is 0.504 e. The van der Waals surface area contributed by atoms with E-state index in [2.05, 4.69) is 0 Å². The van der Waals surface area contributed by atoms with Crippen molar-refractivity contribution in [3.63, 3.8) is 0 Å². The van der Waals surface area contributed by atoms with Crippen LogP contribution in [0.1, 0.15) is 11.1 Å². The number of aromatic hydroxyl groups is 1. The zero-order valence-electron chi connectivity index (χ0n) is 14.5. The minimum atomic E-state index is -0.677. The molecule has 0 saturated heterocycles. The highest BCUT2D eigenvalue weighted by atomic mass is 16.5. The second-order valence-corrected chi connectivity index (χ2v) is 5.84. The molecule has 1 aliphatic rings. The van der Waals surface area contributed by atoms with E-state index in [1.165, 1.54) is 31.3 Å². The molecular weight excluding hydrogens is 334 g/mol. The maximum atomic E-state index is 12.8. The lowest BCUT2D eigenvalue weighted by atomic mass is 10.1. The van der Waals surface area contributed by atoms with Crippen LogP contribution in [0, 0.1) is 0 Å². The molecule has 1 atom stereocenters. The summed E-state index contributed by atoms with van der Waals surface area (Å²) >= 11 is 0. The molecular formula is C20H19NO5. The van der Waals surface area contributed by atoms with Gasteiger partial charge in [-0.1, -0.05) is 24.3 Å². The molecule has 0 radical (unpaired) electrons. The molecule has 0 fully saturated rings. The van der Waals surface area contributed by atoms with Crippen molar-refractivity contribution in [2.24, 2.45) is 0 Å². The number of para-hydroxylation sites is 1. The second kappa shape index (κ2) is 7.31. The number of hydrogen-bond acceptors (Lipinski definition) is 5. The summed E-state index contributed by atoms with van der Waals surface area (Å²) in [6, 6.07) is 11.5. The quantitative estimate of drug-likeness (QED) is 0.675. The molecule has 0 aromatic heterocycles. The first-order chi connectivity index (χ1) is 12.5. The lowest BCUT2D eigenvalue weighted by Gasteiger charge is -2.22. The van der Waals surface area contributed by atoms with E-state index in [0.717, 1.165) is 5.56 Å². The smallest absolute Gasteiger partial charge is 0.329 e. The Morgan fingerprint density at radius 2 is 1.96 bits per heavy atom. The molecule has 6 heteroatoms. The summed E-state index contributed by atoms with van der Waals surface area (Å²) in [5, 5.41) is 9.64. The number of amides is 1. The summed E-state index contributed by atoms with van der Waals surface area (Å²) in [7, 11) is 2.77. The molecule has 3 rings (SSSR count). The Kier molecular flexibility index (Phi) is 4.93. The van der Waals surface area contributed by atoms with E-state index in [4.69, 9.17) is 9.47 Å². The number of carbonyl (C=O) groups excluding carboxylic acids is 2. The van der Waals surface area contributed by atoms with E-state index in [0.29, 0.717) is 23.4 Å². The summed E-state index contributed by atoms with van der Waals surface area (Å²) in [5.41, 5.74) is 2.33. The van der Waals surface area contributed by atoms with Crippen LogP contribution in [0.4, 0.5) is 5.69 Å². The first-order valence-corrected chi connectivity index (χ1v) is 8.09. The Balaban J connectivity index is 1.88. The number of hydrogen-bond donors (Lipinski definition) is 1. The minimum absolute atomic E-state index is 0.0233. The number of nitrogens with zero attached hydrogens (tertiary/aromatic N) is 1. The normalized spacial score (nSPS) is 15.8. The standard InChI is InChI=1S/C20H19NO5/c1-25-18-11-13(7-9-17(18)22)8-10-19(23)21-15-6-4-3-5-14(15)12-16(21)20(24)26-2/h3-11,16,22H,12H2,1-2H3. The number of esters is 1. The highest BCUT2D eigenvalue weighted by Gasteiger charge is 2.38. The van der Waals surface area contributed by atoms with Crippen LogP contribution >= 0.6 is 0 Å². The number of anilines is 1. The van der Waals surface area contributed by atoms with Gasteiger partial charge in [0.05, 0.1) is 14.2 Å². The predicted molar refractivity (Wildman–Crippen MR) is 97.1 cm³/mol. The van der Waals surface area contributed by atoms with Gasteiger partial charge >= 0.3 is 5.97 Å². The molecule has 1 aliphatic heterocycles. The van der Waals surface area contributed by atoms with Gasteiger partial charge < -0.3 is 14.6 Å². The summed E-state index contributed by atoms with van der Waals surface area (Å²) in [5.74, 6) is -0.430. The summed E-state index contributed by atoms with van der Waals surface area (Å²) in [6.07, 6.45) is 3.43. The lowest BCUT2D eigenvalue weighted by molar-refractivity contribution is -0.143. The molecule has 2 aromatic rings. The Morgan fingerprint density at radius 1 is 1.19 bits per heavy atom. The van der Waals surface area contributed by atoms with Crippen LogP contribution in [-0.4, -0.2) is 37.2 Å².